The van der Waals surface area contributed by atoms with E-state index in [1.54, 1.807) is 18.2 Å². The molecular weight excluding hydrogens is 473 g/mol. The SMILES string of the molecule is CCOc1cc(OCC)cc(N(Cl)C(=O)C(N=Nc2cc(OC)c(OC)cc2Cl)C(C)=O)c1. The smallest absolute Gasteiger partial charge is 0.276 e. The second-order valence-electron chi connectivity index (χ2n) is 6.53. The molecular formula is C22H25Cl2N3O6. The van der Waals surface area contributed by atoms with Gasteiger partial charge in [0.2, 0.25) is 6.04 Å². The first-order valence-electron chi connectivity index (χ1n) is 9.98. The monoisotopic (exact) mass is 497 g/mol. The van der Waals surface area contributed by atoms with Gasteiger partial charge >= 0.3 is 0 Å². The molecule has 0 bridgehead atoms. The molecule has 1 unspecified atom stereocenters. The summed E-state index contributed by atoms with van der Waals surface area (Å²) in [6.07, 6.45) is 0. The molecule has 0 saturated heterocycles. The Bertz CT molecular complexity index is 1010. The van der Waals surface area contributed by atoms with Gasteiger partial charge in [-0.3, -0.25) is 9.59 Å². The van der Waals surface area contributed by atoms with Gasteiger partial charge in [0, 0.05) is 42.1 Å². The Balaban J connectivity index is 2.36. The number of hydrogen-bond donors (Lipinski definition) is 0. The summed E-state index contributed by atoms with van der Waals surface area (Å²) in [7, 11) is 2.92. The van der Waals surface area contributed by atoms with Gasteiger partial charge in [0.1, 0.15) is 17.2 Å². The summed E-state index contributed by atoms with van der Waals surface area (Å²) >= 11 is 12.5. The molecule has 0 radical (unpaired) electrons. The van der Waals surface area contributed by atoms with Crippen LogP contribution in [0.1, 0.15) is 20.8 Å². The molecule has 178 valence electrons. The van der Waals surface area contributed by atoms with Crippen LogP contribution in [0.15, 0.2) is 40.6 Å². The van der Waals surface area contributed by atoms with E-state index in [2.05, 4.69) is 10.2 Å². The third-order valence-electron chi connectivity index (χ3n) is 4.26. The molecule has 0 N–H and O–H groups in total. The van der Waals surface area contributed by atoms with Gasteiger partial charge in [0.15, 0.2) is 17.3 Å². The molecule has 2 rings (SSSR count). The molecule has 1 amide bonds. The Hall–Kier alpha value is -3.04. The van der Waals surface area contributed by atoms with Crippen molar-refractivity contribution in [2.24, 2.45) is 10.2 Å². The highest BCUT2D eigenvalue weighted by atomic mass is 35.5. The molecule has 0 spiro atoms. The zero-order valence-corrected chi connectivity index (χ0v) is 20.4. The summed E-state index contributed by atoms with van der Waals surface area (Å²) in [5.74, 6) is 0.297. The van der Waals surface area contributed by atoms with Crippen LogP contribution in [-0.2, 0) is 9.59 Å². The van der Waals surface area contributed by atoms with E-state index >= 15 is 0 Å². The van der Waals surface area contributed by atoms with Crippen LogP contribution in [0.3, 0.4) is 0 Å². The minimum atomic E-state index is -1.50. The summed E-state index contributed by atoms with van der Waals surface area (Å²) in [6, 6.07) is 6.24. The van der Waals surface area contributed by atoms with Gasteiger partial charge in [-0.15, -0.1) is 0 Å². The van der Waals surface area contributed by atoms with Crippen LogP contribution < -0.4 is 23.4 Å². The standard InChI is InChI=1S/C22H25Cl2N3O6/c1-6-32-15-8-14(9-16(10-15)33-7-2)27(24)22(29)21(13(3)28)26-25-18-12-20(31-5)19(30-4)11-17(18)23/h8-12,21H,6-7H2,1-5H3. The van der Waals surface area contributed by atoms with Crippen LogP contribution in [-0.4, -0.2) is 45.2 Å². The van der Waals surface area contributed by atoms with Gasteiger partial charge in [-0.2, -0.15) is 10.2 Å². The third kappa shape index (κ3) is 6.72. The summed E-state index contributed by atoms with van der Waals surface area (Å²) in [5, 5.41) is 8.08. The van der Waals surface area contributed by atoms with E-state index in [1.165, 1.54) is 33.3 Å². The molecule has 9 nitrogen and oxygen atoms in total. The number of ketones is 1. The molecule has 2 aromatic carbocycles. The maximum atomic E-state index is 13.0. The van der Waals surface area contributed by atoms with Crippen LogP contribution in [0.4, 0.5) is 11.4 Å². The Kier molecular flexibility index (Phi) is 9.74. The fourth-order valence-electron chi connectivity index (χ4n) is 2.75. The Morgan fingerprint density at radius 3 is 2.00 bits per heavy atom. The normalized spacial score (nSPS) is 11.7. The van der Waals surface area contributed by atoms with Gasteiger partial charge in [0.25, 0.3) is 5.91 Å². The number of carbonyl (C=O) groups excluding carboxylic acids is 2. The largest absolute Gasteiger partial charge is 0.494 e. The zero-order valence-electron chi connectivity index (χ0n) is 18.9. The van der Waals surface area contributed by atoms with Crippen molar-refractivity contribution >= 4 is 46.4 Å². The van der Waals surface area contributed by atoms with E-state index in [9.17, 15) is 9.59 Å². The maximum absolute atomic E-state index is 13.0. The lowest BCUT2D eigenvalue weighted by molar-refractivity contribution is -0.126. The molecule has 11 heteroatoms. The average Bonchev–Trinajstić information content (AvgIpc) is 2.79. The lowest BCUT2D eigenvalue weighted by Crippen LogP contribution is -2.36. The number of azo groups is 1. The highest BCUT2D eigenvalue weighted by Gasteiger charge is 2.29. The van der Waals surface area contributed by atoms with Gasteiger partial charge in [-0.05, 0) is 20.8 Å². The first kappa shape index (κ1) is 26.2. The second-order valence-corrected chi connectivity index (χ2v) is 7.28. The fourth-order valence-corrected chi connectivity index (χ4v) is 3.13. The molecule has 33 heavy (non-hydrogen) atoms. The number of amides is 1. The van der Waals surface area contributed by atoms with Crippen LogP contribution in [0, 0.1) is 0 Å². The molecule has 0 aromatic heterocycles. The fraction of sp³-hybridized carbons (Fsp3) is 0.364. The van der Waals surface area contributed by atoms with E-state index in [0.29, 0.717) is 36.2 Å². The van der Waals surface area contributed by atoms with Crippen molar-refractivity contribution in [1.82, 2.24) is 0 Å². The van der Waals surface area contributed by atoms with Gasteiger partial charge in [-0.25, -0.2) is 4.42 Å². The number of nitrogens with zero attached hydrogens (tertiary/aromatic N) is 3. The van der Waals surface area contributed by atoms with Crippen molar-refractivity contribution in [3.63, 3.8) is 0 Å². The lowest BCUT2D eigenvalue weighted by atomic mass is 10.2. The van der Waals surface area contributed by atoms with Gasteiger partial charge < -0.3 is 18.9 Å². The van der Waals surface area contributed by atoms with E-state index in [4.69, 9.17) is 42.3 Å². The second kappa shape index (κ2) is 12.3. The predicted octanol–water partition coefficient (Wildman–Crippen LogP) is 5.38. The molecule has 0 saturated carbocycles. The molecule has 0 aliphatic heterocycles. The molecule has 0 aliphatic rings. The molecule has 1 atom stereocenters. The summed E-state index contributed by atoms with van der Waals surface area (Å²) in [4.78, 5) is 25.2. The van der Waals surface area contributed by atoms with Crippen LogP contribution >= 0.6 is 23.4 Å². The van der Waals surface area contributed by atoms with Crippen molar-refractivity contribution in [3.05, 3.63) is 35.4 Å². The van der Waals surface area contributed by atoms with Crippen molar-refractivity contribution in [2.45, 2.75) is 26.8 Å². The van der Waals surface area contributed by atoms with Crippen molar-refractivity contribution < 1.29 is 28.5 Å². The summed E-state index contributed by atoms with van der Waals surface area (Å²) in [6.45, 7) is 5.66. The number of ether oxygens (including phenoxy) is 4. The summed E-state index contributed by atoms with van der Waals surface area (Å²) in [5.41, 5.74) is 0.438. The lowest BCUT2D eigenvalue weighted by Gasteiger charge is -2.19. The van der Waals surface area contributed by atoms with Crippen molar-refractivity contribution in [1.29, 1.82) is 0 Å². The number of carbonyl (C=O) groups is 2. The predicted molar refractivity (Wildman–Crippen MR) is 126 cm³/mol. The maximum Gasteiger partial charge on any atom is 0.276 e. The van der Waals surface area contributed by atoms with E-state index in [1.807, 2.05) is 13.8 Å². The van der Waals surface area contributed by atoms with Gasteiger partial charge in [0.05, 0.1) is 38.1 Å². The van der Waals surface area contributed by atoms with Crippen LogP contribution in [0.5, 0.6) is 23.0 Å². The molecule has 0 fully saturated rings. The number of halogens is 2. The minimum Gasteiger partial charge on any atom is -0.494 e. The third-order valence-corrected chi connectivity index (χ3v) is 4.92. The van der Waals surface area contributed by atoms with E-state index < -0.39 is 17.7 Å². The Labute approximate surface area is 202 Å². The first-order chi connectivity index (χ1) is 15.7. The highest BCUT2D eigenvalue weighted by Crippen LogP contribution is 2.38. The number of anilines is 1. The summed E-state index contributed by atoms with van der Waals surface area (Å²) < 4.78 is 22.2. The topological polar surface area (TPSA) is 99.0 Å². The number of benzene rings is 2. The first-order valence-corrected chi connectivity index (χ1v) is 10.7. The van der Waals surface area contributed by atoms with Crippen molar-refractivity contribution in [3.8, 4) is 23.0 Å². The molecule has 0 heterocycles. The number of rotatable bonds is 11. The number of hydrogen-bond acceptors (Lipinski definition) is 8. The Morgan fingerprint density at radius 2 is 1.52 bits per heavy atom. The minimum absolute atomic E-state index is 0.187. The average molecular weight is 498 g/mol. The van der Waals surface area contributed by atoms with Gasteiger partial charge in [-0.1, -0.05) is 11.6 Å². The van der Waals surface area contributed by atoms with E-state index in [-0.39, 0.29) is 16.4 Å². The quantitative estimate of drug-likeness (QED) is 0.234. The molecule has 2 aromatic rings. The van der Waals surface area contributed by atoms with E-state index in [0.717, 1.165) is 4.42 Å². The molecule has 0 aliphatic carbocycles. The zero-order chi connectivity index (χ0) is 24.5. The number of Topliss-reactive ketones (excluding diaryl/α,β-unsaturated/α-hetero) is 1. The van der Waals surface area contributed by atoms with Crippen LogP contribution in [0.2, 0.25) is 5.02 Å². The number of methoxy groups -OCH3 is 2. The highest BCUT2D eigenvalue weighted by molar-refractivity contribution is 6.39. The Morgan fingerprint density at radius 1 is 0.970 bits per heavy atom. The van der Waals surface area contributed by atoms with Crippen molar-refractivity contribution in [2.75, 3.05) is 31.9 Å². The van der Waals surface area contributed by atoms with Crippen LogP contribution in [0.25, 0.3) is 0 Å².